The van der Waals surface area contributed by atoms with E-state index in [0.29, 0.717) is 0 Å². The molecule has 0 saturated carbocycles. The van der Waals surface area contributed by atoms with Crippen molar-refractivity contribution in [3.8, 4) is 0 Å². The summed E-state index contributed by atoms with van der Waals surface area (Å²) in [5.41, 5.74) is 0. The molecule has 0 fully saturated rings. The summed E-state index contributed by atoms with van der Waals surface area (Å²) in [6.07, 6.45) is 2.90. The molecule has 0 aromatic carbocycles. The minimum atomic E-state index is -3.30. The van der Waals surface area contributed by atoms with Gasteiger partial charge in [-0.1, -0.05) is 0 Å². The lowest BCUT2D eigenvalue weighted by molar-refractivity contribution is 0.153. The Balaban J connectivity index is 3.91. The average molecular weight is 182 g/mol. The monoisotopic (exact) mass is 182 g/mol. The molecule has 0 aliphatic heterocycles. The highest BCUT2D eigenvalue weighted by molar-refractivity contribution is 7.59. The van der Waals surface area contributed by atoms with Crippen LogP contribution in [-0.2, 0) is 9.05 Å². The van der Waals surface area contributed by atoms with Crippen molar-refractivity contribution < 1.29 is 13.2 Å². The first-order valence-corrected chi connectivity index (χ1v) is 5.33. The second-order valence-electron chi connectivity index (χ2n) is 2.90. The van der Waals surface area contributed by atoms with E-state index < -0.39 is 7.65 Å². The van der Waals surface area contributed by atoms with Gasteiger partial charge in [0.15, 0.2) is 0 Å². The topological polar surface area (TPSA) is 18.5 Å². The molecule has 0 aromatic heterocycles. The quantitative estimate of drug-likeness (QED) is 0.622. The van der Waals surface area contributed by atoms with Crippen molar-refractivity contribution in [3.05, 3.63) is 0 Å². The van der Waals surface area contributed by atoms with E-state index in [-0.39, 0.29) is 12.2 Å². The molecule has 0 radical (unpaired) electrons. The van der Waals surface area contributed by atoms with Gasteiger partial charge in [-0.3, -0.25) is 0 Å². The van der Waals surface area contributed by atoms with E-state index in [1.165, 1.54) is 0 Å². The first-order chi connectivity index (χ1) is 4.83. The van der Waals surface area contributed by atoms with Crippen molar-refractivity contribution in [2.75, 3.05) is 0 Å². The maximum Gasteiger partial charge on any atom is 0.291 e. The molecule has 0 N–H and O–H groups in total. The third-order valence-corrected chi connectivity index (χ3v) is 2.21. The van der Waals surface area contributed by atoms with Gasteiger partial charge >= 0.3 is 0 Å². The molecule has 2 nitrogen and oxygen atoms in total. The zero-order chi connectivity index (χ0) is 9.07. The molecule has 0 unspecified atom stereocenters. The van der Waals surface area contributed by atoms with Gasteiger partial charge in [-0.2, -0.15) is 4.20 Å². The Morgan fingerprint density at radius 3 is 1.55 bits per heavy atom. The summed E-state index contributed by atoms with van der Waals surface area (Å²) in [5, 5.41) is 0. The van der Waals surface area contributed by atoms with Crippen molar-refractivity contribution in [2.45, 2.75) is 39.9 Å². The maximum absolute atomic E-state index is 13.1. The zero-order valence-electron chi connectivity index (χ0n) is 7.50. The first kappa shape index (κ1) is 11.2. The van der Waals surface area contributed by atoms with E-state index in [1.54, 1.807) is 27.7 Å². The van der Waals surface area contributed by atoms with Gasteiger partial charge in [-0.15, -0.1) is 0 Å². The Kier molecular flexibility index (Phi) is 4.30. The SMILES string of the molecule is C=P(F)(OC(C)C)OC(C)C. The van der Waals surface area contributed by atoms with Gasteiger partial charge in [0.25, 0.3) is 7.65 Å². The van der Waals surface area contributed by atoms with Crippen LogP contribution in [0.1, 0.15) is 27.7 Å². The van der Waals surface area contributed by atoms with Gasteiger partial charge in [0.1, 0.15) is 0 Å². The molecule has 0 amide bonds. The second kappa shape index (κ2) is 4.24. The fraction of sp³-hybridized carbons (Fsp3) is 0.857. The molecule has 0 bridgehead atoms. The van der Waals surface area contributed by atoms with Crippen LogP contribution in [0.3, 0.4) is 0 Å². The fourth-order valence-corrected chi connectivity index (χ4v) is 1.96. The third-order valence-electron chi connectivity index (χ3n) is 0.736. The van der Waals surface area contributed by atoms with E-state index in [0.717, 1.165) is 0 Å². The second-order valence-corrected chi connectivity index (χ2v) is 4.50. The minimum absolute atomic E-state index is 0.176. The van der Waals surface area contributed by atoms with Gasteiger partial charge in [0.2, 0.25) is 0 Å². The Morgan fingerprint density at radius 1 is 1.09 bits per heavy atom. The highest BCUT2D eigenvalue weighted by atomic mass is 31.2. The lowest BCUT2D eigenvalue weighted by atomic mass is 10.5. The molecule has 0 rings (SSSR count). The van der Waals surface area contributed by atoms with Crippen LogP contribution in [0.2, 0.25) is 0 Å². The number of hydrogen-bond acceptors (Lipinski definition) is 2. The van der Waals surface area contributed by atoms with Crippen LogP contribution >= 0.6 is 7.65 Å². The molecule has 0 atom stereocenters. The molecule has 0 spiro atoms. The smallest absolute Gasteiger partial charge is 0.291 e. The van der Waals surface area contributed by atoms with Gasteiger partial charge in [0.05, 0.1) is 12.2 Å². The van der Waals surface area contributed by atoms with E-state index in [4.69, 9.17) is 9.05 Å². The minimum Gasteiger partial charge on any atom is -0.311 e. The standard InChI is InChI=1S/C7H16FO2P/c1-6(2)9-11(5,8)10-7(3)4/h6-7H,5H2,1-4H3. The first-order valence-electron chi connectivity index (χ1n) is 3.63. The molecule has 68 valence electrons. The summed E-state index contributed by atoms with van der Waals surface area (Å²) in [6.45, 7) is 7.01. The van der Waals surface area contributed by atoms with E-state index >= 15 is 0 Å². The highest BCUT2D eigenvalue weighted by Crippen LogP contribution is 2.51. The summed E-state index contributed by atoms with van der Waals surface area (Å²) >= 11 is 0. The highest BCUT2D eigenvalue weighted by Gasteiger charge is 2.17. The van der Waals surface area contributed by atoms with Gasteiger partial charge in [0, 0.05) is 0 Å². The molecule has 0 aromatic rings. The van der Waals surface area contributed by atoms with Crippen LogP contribution in [0.15, 0.2) is 0 Å². The lowest BCUT2D eigenvalue weighted by Gasteiger charge is -2.19. The fourth-order valence-electron chi connectivity index (χ4n) is 0.654. The predicted molar refractivity (Wildman–Crippen MR) is 47.6 cm³/mol. The molecular weight excluding hydrogens is 166 g/mol. The predicted octanol–water partition coefficient (Wildman–Crippen LogP) is 3.00. The van der Waals surface area contributed by atoms with Crippen molar-refractivity contribution >= 4 is 13.9 Å². The maximum atomic E-state index is 13.1. The van der Waals surface area contributed by atoms with Crippen molar-refractivity contribution in [2.24, 2.45) is 0 Å². The largest absolute Gasteiger partial charge is 0.311 e. The number of halogens is 1. The summed E-state index contributed by atoms with van der Waals surface area (Å²) in [6, 6.07) is 0. The molecule has 11 heavy (non-hydrogen) atoms. The number of hydrogen-bond donors (Lipinski definition) is 0. The van der Waals surface area contributed by atoms with E-state index in [2.05, 4.69) is 6.30 Å². The summed E-state index contributed by atoms with van der Waals surface area (Å²) in [5.74, 6) is 0. The van der Waals surface area contributed by atoms with Gasteiger partial charge in [-0.05, 0) is 34.0 Å². The van der Waals surface area contributed by atoms with Crippen LogP contribution in [-0.4, -0.2) is 18.5 Å². The summed E-state index contributed by atoms with van der Waals surface area (Å²) in [7, 11) is -3.30. The molecule has 0 aliphatic carbocycles. The number of rotatable bonds is 4. The normalized spacial score (nSPS) is 13.0. The van der Waals surface area contributed by atoms with Crippen LogP contribution in [0.4, 0.5) is 4.20 Å². The molecular formula is C7H16FO2P. The van der Waals surface area contributed by atoms with Crippen LogP contribution in [0, 0.1) is 0 Å². The molecule has 0 aliphatic rings. The van der Waals surface area contributed by atoms with E-state index in [1.807, 2.05) is 0 Å². The molecule has 0 heterocycles. The van der Waals surface area contributed by atoms with Crippen LogP contribution in [0.5, 0.6) is 0 Å². The van der Waals surface area contributed by atoms with Crippen molar-refractivity contribution in [3.63, 3.8) is 0 Å². The van der Waals surface area contributed by atoms with E-state index in [9.17, 15) is 4.20 Å². The van der Waals surface area contributed by atoms with Crippen LogP contribution in [0.25, 0.3) is 0 Å². The van der Waals surface area contributed by atoms with Crippen molar-refractivity contribution in [1.29, 1.82) is 0 Å². The Bertz CT molecular complexity index is 143. The average Bonchev–Trinajstić information content (AvgIpc) is 1.53. The third kappa shape index (κ3) is 6.54. The molecule has 4 heteroatoms. The summed E-state index contributed by atoms with van der Waals surface area (Å²) < 4.78 is 22.9. The Morgan fingerprint density at radius 2 is 1.36 bits per heavy atom. The molecule has 0 saturated heterocycles. The van der Waals surface area contributed by atoms with Gasteiger partial charge < -0.3 is 9.05 Å². The Hall–Kier alpha value is 0.150. The lowest BCUT2D eigenvalue weighted by Crippen LogP contribution is -2.04. The zero-order valence-corrected chi connectivity index (χ0v) is 8.40. The summed E-state index contributed by atoms with van der Waals surface area (Å²) in [4.78, 5) is 0. The van der Waals surface area contributed by atoms with Crippen LogP contribution < -0.4 is 0 Å². The van der Waals surface area contributed by atoms with Gasteiger partial charge in [-0.25, -0.2) is 0 Å². The Labute approximate surface area is 68.0 Å². The van der Waals surface area contributed by atoms with Crippen molar-refractivity contribution in [1.82, 2.24) is 0 Å².